The number of benzene rings is 1. The predicted molar refractivity (Wildman–Crippen MR) is 105 cm³/mol. The molecule has 1 aromatic rings. The maximum absolute atomic E-state index is 8.49. The number of allylic oxidation sites excluding steroid dienone is 1. The highest BCUT2D eigenvalue weighted by Crippen LogP contribution is 2.18. The highest BCUT2D eigenvalue weighted by molar-refractivity contribution is 6.07. The second kappa shape index (κ2) is 15.2. The van der Waals surface area contributed by atoms with Gasteiger partial charge in [0.2, 0.25) is 0 Å². The van der Waals surface area contributed by atoms with E-state index in [1.54, 1.807) is 0 Å². The standard InChI is InChI=1S/C21H35N2O.ClHO4/c1-6-7-8-9-10-11-16-24-21-14-12-19(13-15-21)20(17-22(2)3)18-23(4)5;2-1(3,4)5/h12-15,17-18H,6-11,16H2,1-5H3;(H,2,3,4,5)/q+1;/p-1. The average molecular weight is 431 g/mol. The second-order valence-electron chi connectivity index (χ2n) is 7.16. The van der Waals surface area contributed by atoms with Gasteiger partial charge in [-0.3, -0.25) is 0 Å². The van der Waals surface area contributed by atoms with Crippen LogP contribution in [0.4, 0.5) is 0 Å². The van der Waals surface area contributed by atoms with Crippen molar-refractivity contribution in [2.24, 2.45) is 0 Å². The van der Waals surface area contributed by atoms with Gasteiger partial charge in [-0.05, 0) is 24.1 Å². The van der Waals surface area contributed by atoms with Crippen LogP contribution in [0.15, 0.2) is 30.5 Å². The first-order valence-electron chi connectivity index (χ1n) is 9.77. The molecule has 0 atom stereocenters. The Kier molecular flexibility index (Phi) is 14.4. The molecule has 0 saturated heterocycles. The van der Waals surface area contributed by atoms with Crippen molar-refractivity contribution in [1.29, 1.82) is 0 Å². The molecule has 0 aliphatic rings. The van der Waals surface area contributed by atoms with E-state index in [2.05, 4.69) is 53.1 Å². The van der Waals surface area contributed by atoms with Crippen molar-refractivity contribution in [3.05, 3.63) is 36.0 Å². The molecule has 8 heteroatoms. The first-order chi connectivity index (χ1) is 13.5. The van der Waals surface area contributed by atoms with Crippen molar-refractivity contribution < 1.29 is 38.2 Å². The Morgan fingerprint density at radius 1 is 0.966 bits per heavy atom. The minimum atomic E-state index is -4.94. The number of nitrogens with zero attached hydrogens (tertiary/aromatic N) is 2. The first kappa shape index (κ1) is 27.4. The molecule has 166 valence electrons. The lowest BCUT2D eigenvalue weighted by Crippen LogP contribution is -2.68. The summed E-state index contributed by atoms with van der Waals surface area (Å²) in [5.74, 6) is 0.960. The van der Waals surface area contributed by atoms with E-state index >= 15 is 0 Å². The van der Waals surface area contributed by atoms with Crippen molar-refractivity contribution in [2.75, 3.05) is 34.8 Å². The monoisotopic (exact) mass is 430 g/mol. The van der Waals surface area contributed by atoms with Crippen LogP contribution in [-0.2, 0) is 0 Å². The number of rotatable bonds is 11. The molecule has 0 heterocycles. The van der Waals surface area contributed by atoms with E-state index in [9.17, 15) is 0 Å². The van der Waals surface area contributed by atoms with E-state index in [1.807, 2.05) is 28.2 Å². The Balaban J connectivity index is 0.00000139. The SMILES string of the molecule is CCCCCCCCOc1ccc(/C(C=[N+](C)C)=C/N(C)C)cc1.[O-][Cl+3]([O-])([O-])[O-]. The number of halogens is 1. The second-order valence-corrected chi connectivity index (χ2v) is 7.92. The van der Waals surface area contributed by atoms with E-state index in [4.69, 9.17) is 23.4 Å². The summed E-state index contributed by atoms with van der Waals surface area (Å²) in [6.07, 6.45) is 12.0. The summed E-state index contributed by atoms with van der Waals surface area (Å²) in [5, 5.41) is 0. The summed E-state index contributed by atoms with van der Waals surface area (Å²) >= 11 is 0. The quantitative estimate of drug-likeness (QED) is 0.276. The molecule has 1 aromatic carbocycles. The van der Waals surface area contributed by atoms with Crippen LogP contribution in [0, 0.1) is 10.2 Å². The van der Waals surface area contributed by atoms with Gasteiger partial charge in [0.1, 0.15) is 19.8 Å². The van der Waals surface area contributed by atoms with Crippen LogP contribution in [0.25, 0.3) is 5.57 Å². The molecule has 0 radical (unpaired) electrons. The Hall–Kier alpha value is -1.64. The Morgan fingerprint density at radius 3 is 1.97 bits per heavy atom. The maximum atomic E-state index is 8.49. The van der Waals surface area contributed by atoms with E-state index < -0.39 is 10.2 Å². The molecule has 0 fully saturated rings. The van der Waals surface area contributed by atoms with Crippen LogP contribution in [-0.4, -0.2) is 50.5 Å². The minimum absolute atomic E-state index is 0.815. The number of ether oxygens (including phenoxy) is 1. The molecule has 0 amide bonds. The van der Waals surface area contributed by atoms with Crippen LogP contribution in [0.1, 0.15) is 51.0 Å². The fourth-order valence-electron chi connectivity index (χ4n) is 2.55. The van der Waals surface area contributed by atoms with E-state index in [-0.39, 0.29) is 0 Å². The van der Waals surface area contributed by atoms with Crippen molar-refractivity contribution in [3.8, 4) is 5.75 Å². The van der Waals surface area contributed by atoms with Gasteiger partial charge < -0.3 is 9.64 Å². The Labute approximate surface area is 177 Å². The van der Waals surface area contributed by atoms with E-state index in [0.717, 1.165) is 18.8 Å². The van der Waals surface area contributed by atoms with Crippen LogP contribution < -0.4 is 23.4 Å². The summed E-state index contributed by atoms with van der Waals surface area (Å²) in [4.78, 5) is 2.07. The zero-order valence-electron chi connectivity index (χ0n) is 18.2. The van der Waals surface area contributed by atoms with Crippen molar-refractivity contribution in [1.82, 2.24) is 4.90 Å². The van der Waals surface area contributed by atoms with E-state index in [0.29, 0.717) is 0 Å². The summed E-state index contributed by atoms with van der Waals surface area (Å²) in [6, 6.07) is 8.40. The lowest BCUT2D eigenvalue weighted by Gasteiger charge is -2.17. The third-order valence-electron chi connectivity index (χ3n) is 3.75. The lowest BCUT2D eigenvalue weighted by atomic mass is 10.1. The lowest BCUT2D eigenvalue weighted by molar-refractivity contribution is -2.00. The zero-order chi connectivity index (χ0) is 22.3. The number of unbranched alkanes of at least 4 members (excludes halogenated alkanes) is 5. The molecule has 0 aliphatic carbocycles. The number of hydrogen-bond donors (Lipinski definition) is 0. The molecule has 0 spiro atoms. The molecule has 0 bridgehead atoms. The fourth-order valence-corrected chi connectivity index (χ4v) is 2.55. The topological polar surface area (TPSA) is 108 Å². The molecule has 0 aromatic heterocycles. The van der Waals surface area contributed by atoms with Crippen LogP contribution in [0.5, 0.6) is 5.75 Å². The highest BCUT2D eigenvalue weighted by Gasteiger charge is 2.04. The third kappa shape index (κ3) is 18.1. The normalized spacial score (nSPS) is 11.4. The van der Waals surface area contributed by atoms with Crippen LogP contribution in [0.2, 0.25) is 0 Å². The Morgan fingerprint density at radius 2 is 1.48 bits per heavy atom. The first-order valence-corrected chi connectivity index (χ1v) is 11.0. The molecule has 29 heavy (non-hydrogen) atoms. The van der Waals surface area contributed by atoms with Gasteiger partial charge in [0, 0.05) is 20.3 Å². The molecular formula is C21H35ClN2O5. The zero-order valence-corrected chi connectivity index (χ0v) is 19.0. The molecule has 0 aliphatic heterocycles. The Bertz CT molecular complexity index is 600. The van der Waals surface area contributed by atoms with Gasteiger partial charge in [-0.1, -0.05) is 51.2 Å². The van der Waals surface area contributed by atoms with Crippen molar-refractivity contribution in [3.63, 3.8) is 0 Å². The van der Waals surface area contributed by atoms with Gasteiger partial charge in [0.15, 0.2) is 6.21 Å². The minimum Gasteiger partial charge on any atom is -0.494 e. The maximum Gasteiger partial charge on any atom is 0.172 e. The summed E-state index contributed by atoms with van der Waals surface area (Å²) in [5.41, 5.74) is 2.39. The number of hydrogen-bond acceptors (Lipinski definition) is 6. The molecule has 0 saturated carbocycles. The summed E-state index contributed by atoms with van der Waals surface area (Å²) in [7, 11) is 3.23. The van der Waals surface area contributed by atoms with Crippen LogP contribution >= 0.6 is 0 Å². The average Bonchev–Trinajstić information content (AvgIpc) is 2.59. The van der Waals surface area contributed by atoms with Gasteiger partial charge >= 0.3 is 0 Å². The molecule has 0 N–H and O–H groups in total. The summed E-state index contributed by atoms with van der Waals surface area (Å²) < 4.78 is 41.9. The van der Waals surface area contributed by atoms with Gasteiger partial charge in [0.05, 0.1) is 12.2 Å². The molecule has 1 rings (SSSR count). The van der Waals surface area contributed by atoms with E-state index in [1.165, 1.54) is 43.2 Å². The molecule has 0 unspecified atom stereocenters. The summed E-state index contributed by atoms with van der Waals surface area (Å²) in [6.45, 7) is 3.07. The van der Waals surface area contributed by atoms with Gasteiger partial charge in [0.25, 0.3) is 0 Å². The molecular weight excluding hydrogens is 396 g/mol. The fraction of sp³-hybridized carbons (Fsp3) is 0.571. The van der Waals surface area contributed by atoms with Gasteiger partial charge in [-0.2, -0.15) is 0 Å². The third-order valence-corrected chi connectivity index (χ3v) is 3.75. The largest absolute Gasteiger partial charge is 0.494 e. The predicted octanol–water partition coefficient (Wildman–Crippen LogP) is -0.0847. The van der Waals surface area contributed by atoms with Gasteiger partial charge in [-0.25, -0.2) is 23.2 Å². The van der Waals surface area contributed by atoms with Crippen molar-refractivity contribution >= 4 is 11.8 Å². The smallest absolute Gasteiger partial charge is 0.172 e. The van der Waals surface area contributed by atoms with Crippen LogP contribution in [0.3, 0.4) is 0 Å². The van der Waals surface area contributed by atoms with Crippen molar-refractivity contribution in [2.45, 2.75) is 45.4 Å². The van der Waals surface area contributed by atoms with Gasteiger partial charge in [-0.15, -0.1) is 10.2 Å². The molecule has 7 nitrogen and oxygen atoms in total. The highest BCUT2D eigenvalue weighted by atomic mass is 35.7.